The van der Waals surface area contributed by atoms with Crippen LogP contribution in [0.2, 0.25) is 0 Å². The molecule has 2 aromatic heterocycles. The molecular weight excluding hydrogens is 402 g/mol. The van der Waals surface area contributed by atoms with Crippen LogP contribution >= 0.6 is 0 Å². The highest BCUT2D eigenvalue weighted by Gasteiger charge is 2.39. The first-order valence-electron chi connectivity index (χ1n) is 9.94. The van der Waals surface area contributed by atoms with Crippen molar-refractivity contribution in [3.8, 4) is 0 Å². The molecule has 1 saturated carbocycles. The van der Waals surface area contributed by atoms with Gasteiger partial charge in [-0.1, -0.05) is 19.3 Å². The highest BCUT2D eigenvalue weighted by molar-refractivity contribution is 7.92. The maximum absolute atomic E-state index is 12.8. The summed E-state index contributed by atoms with van der Waals surface area (Å²) in [7, 11) is -1.93. The number of hydrogen-bond donors (Lipinski definition) is 2. The predicted molar refractivity (Wildman–Crippen MR) is 117 cm³/mol. The summed E-state index contributed by atoms with van der Waals surface area (Å²) < 4.78 is 30.2. The summed E-state index contributed by atoms with van der Waals surface area (Å²) in [6, 6.07) is 8.00. The zero-order chi connectivity index (χ0) is 20.9. The maximum atomic E-state index is 12.8. The topological polar surface area (TPSA) is 118 Å². The Kier molecular flexibility index (Phi) is 4.21. The molecule has 0 bridgehead atoms. The number of anilines is 3. The van der Waals surface area contributed by atoms with E-state index in [1.807, 2.05) is 24.3 Å². The van der Waals surface area contributed by atoms with Crippen LogP contribution in [0.15, 0.2) is 46.5 Å². The van der Waals surface area contributed by atoms with Gasteiger partial charge in [-0.05, 0) is 43.2 Å². The molecular formula is C20H23N7O2S. The van der Waals surface area contributed by atoms with Crippen molar-refractivity contribution in [2.75, 3.05) is 22.5 Å². The summed E-state index contributed by atoms with van der Waals surface area (Å²) in [6.45, 7) is 0. The lowest BCUT2D eigenvalue weighted by Gasteiger charge is -2.40. The Bertz CT molecular complexity index is 1240. The van der Waals surface area contributed by atoms with Crippen molar-refractivity contribution in [2.45, 2.75) is 42.5 Å². The number of aromatic nitrogens is 3. The predicted octanol–water partition coefficient (Wildman–Crippen LogP) is 2.91. The van der Waals surface area contributed by atoms with Crippen LogP contribution < -0.4 is 15.5 Å². The molecule has 1 aliphatic heterocycles. The van der Waals surface area contributed by atoms with Gasteiger partial charge in [-0.15, -0.1) is 0 Å². The molecule has 5 rings (SSSR count). The van der Waals surface area contributed by atoms with E-state index < -0.39 is 10.0 Å². The first-order valence-corrected chi connectivity index (χ1v) is 11.4. The Labute approximate surface area is 174 Å². The highest BCUT2D eigenvalue weighted by atomic mass is 32.2. The third-order valence-corrected chi connectivity index (χ3v) is 7.25. The molecule has 1 fully saturated rings. The minimum atomic E-state index is -3.82. The van der Waals surface area contributed by atoms with Gasteiger partial charge in [0.05, 0.1) is 16.6 Å². The largest absolute Gasteiger partial charge is 0.399 e. The van der Waals surface area contributed by atoms with Crippen LogP contribution in [0.25, 0.3) is 11.0 Å². The number of rotatable bonds is 3. The Morgan fingerprint density at radius 3 is 2.60 bits per heavy atom. The summed E-state index contributed by atoms with van der Waals surface area (Å²) in [5.41, 5.74) is 6.63. The van der Waals surface area contributed by atoms with Crippen LogP contribution in [-0.4, -0.2) is 36.2 Å². The second-order valence-corrected chi connectivity index (χ2v) is 9.60. The van der Waals surface area contributed by atoms with Crippen molar-refractivity contribution < 1.29 is 8.42 Å². The van der Waals surface area contributed by atoms with Crippen molar-refractivity contribution >= 4 is 44.7 Å². The fourth-order valence-corrected chi connectivity index (χ4v) is 5.31. The van der Waals surface area contributed by atoms with Crippen molar-refractivity contribution in [1.82, 2.24) is 14.5 Å². The van der Waals surface area contributed by atoms with Crippen molar-refractivity contribution in [3.63, 3.8) is 0 Å². The number of hydrazone groups is 1. The van der Waals surface area contributed by atoms with Crippen LogP contribution in [-0.2, 0) is 15.6 Å². The maximum Gasteiger partial charge on any atom is 0.264 e. The molecule has 0 saturated heterocycles. The molecule has 30 heavy (non-hydrogen) atoms. The third-order valence-electron chi connectivity index (χ3n) is 5.90. The first-order chi connectivity index (χ1) is 14.4. The van der Waals surface area contributed by atoms with Gasteiger partial charge in [0.1, 0.15) is 11.5 Å². The second kappa shape index (κ2) is 6.69. The van der Waals surface area contributed by atoms with Crippen LogP contribution in [0.4, 0.5) is 17.5 Å². The van der Waals surface area contributed by atoms with Crippen molar-refractivity contribution in [1.29, 1.82) is 0 Å². The van der Waals surface area contributed by atoms with Gasteiger partial charge in [0.15, 0.2) is 0 Å². The molecule has 0 amide bonds. The lowest BCUT2D eigenvalue weighted by molar-refractivity contribution is 0.290. The number of nitrogens with one attached hydrogen (secondary N) is 1. The fourth-order valence-electron chi connectivity index (χ4n) is 4.36. The average molecular weight is 426 g/mol. The molecule has 1 aliphatic carbocycles. The Morgan fingerprint density at radius 1 is 1.13 bits per heavy atom. The van der Waals surface area contributed by atoms with Crippen LogP contribution in [0.1, 0.15) is 32.1 Å². The number of nitrogens with zero attached hydrogens (tertiary/aromatic N) is 5. The van der Waals surface area contributed by atoms with Gasteiger partial charge in [-0.2, -0.15) is 10.1 Å². The molecule has 0 radical (unpaired) electrons. The quantitative estimate of drug-likeness (QED) is 0.623. The summed E-state index contributed by atoms with van der Waals surface area (Å²) in [5, 5.41) is 7.26. The molecule has 0 unspecified atom stereocenters. The number of benzene rings is 1. The van der Waals surface area contributed by atoms with E-state index in [1.54, 1.807) is 18.3 Å². The molecule has 3 N–H and O–H groups in total. The van der Waals surface area contributed by atoms with E-state index >= 15 is 0 Å². The molecule has 0 atom stereocenters. The SMILES string of the molecule is CN1N=CC2(CCCCC2)n2c1cc1cnc(NS(=O)(=O)c3ccc(N)cc3)nc12. The fraction of sp³-hybridized carbons (Fsp3) is 0.350. The van der Waals surface area contributed by atoms with Gasteiger partial charge in [-0.3, -0.25) is 9.58 Å². The zero-order valence-electron chi connectivity index (χ0n) is 16.6. The van der Waals surface area contributed by atoms with Gasteiger partial charge in [0.25, 0.3) is 10.0 Å². The van der Waals surface area contributed by atoms with Crippen molar-refractivity contribution in [2.24, 2.45) is 5.10 Å². The molecule has 10 heteroatoms. The molecule has 3 aromatic rings. The van der Waals surface area contributed by atoms with E-state index in [0.29, 0.717) is 11.3 Å². The zero-order valence-corrected chi connectivity index (χ0v) is 17.4. The summed E-state index contributed by atoms with van der Waals surface area (Å²) in [4.78, 5) is 8.95. The third kappa shape index (κ3) is 2.98. The number of nitrogens with two attached hydrogens (primary N) is 1. The highest BCUT2D eigenvalue weighted by Crippen LogP contribution is 2.42. The molecule has 3 heterocycles. The van der Waals surface area contributed by atoms with Gasteiger partial charge in [-0.25, -0.2) is 18.1 Å². The van der Waals surface area contributed by atoms with E-state index in [1.165, 1.54) is 18.6 Å². The molecule has 2 aliphatic rings. The molecule has 1 spiro atoms. The normalized spacial score (nSPS) is 18.0. The standard InChI is InChI=1S/C20H23N7O2S/c1-26-17-11-14-12-22-19(25-30(28,29)16-7-5-15(21)6-8-16)24-18(14)27(17)20(13-23-26)9-3-2-4-10-20/h5-8,11-13H,2-4,9-10,21H2,1H3,(H,22,24,25). The number of hydrogen-bond acceptors (Lipinski definition) is 7. The van der Waals surface area contributed by atoms with E-state index in [0.717, 1.165) is 36.9 Å². The summed E-state index contributed by atoms with van der Waals surface area (Å²) in [5.74, 6) is 0.971. The molecule has 1 aromatic carbocycles. The number of sulfonamides is 1. The Morgan fingerprint density at radius 2 is 1.87 bits per heavy atom. The Balaban J connectivity index is 1.58. The lowest BCUT2D eigenvalue weighted by Crippen LogP contribution is -2.42. The van der Waals surface area contributed by atoms with Crippen molar-refractivity contribution in [3.05, 3.63) is 36.5 Å². The van der Waals surface area contributed by atoms with E-state index in [2.05, 4.69) is 24.4 Å². The van der Waals surface area contributed by atoms with Gasteiger partial charge < -0.3 is 5.73 Å². The smallest absolute Gasteiger partial charge is 0.264 e. The summed E-state index contributed by atoms with van der Waals surface area (Å²) >= 11 is 0. The Hall–Kier alpha value is -3.14. The molecule has 156 valence electrons. The van der Waals surface area contributed by atoms with E-state index in [9.17, 15) is 8.42 Å². The lowest BCUT2D eigenvalue weighted by atomic mass is 9.82. The molecule has 9 nitrogen and oxygen atoms in total. The van der Waals surface area contributed by atoms with Crippen LogP contribution in [0, 0.1) is 0 Å². The number of nitrogen functional groups attached to an aromatic ring is 1. The minimum Gasteiger partial charge on any atom is -0.399 e. The average Bonchev–Trinajstić information content (AvgIpc) is 3.12. The second-order valence-electron chi connectivity index (χ2n) is 7.92. The van der Waals surface area contributed by atoms with Gasteiger partial charge >= 0.3 is 0 Å². The van der Waals surface area contributed by atoms with E-state index in [-0.39, 0.29) is 16.4 Å². The summed E-state index contributed by atoms with van der Waals surface area (Å²) in [6.07, 6.45) is 9.09. The monoisotopic (exact) mass is 425 g/mol. The first kappa shape index (κ1) is 18.9. The van der Waals surface area contributed by atoms with E-state index in [4.69, 9.17) is 5.73 Å². The van der Waals surface area contributed by atoms with Crippen LogP contribution in [0.3, 0.4) is 0 Å². The van der Waals surface area contributed by atoms with Crippen LogP contribution in [0.5, 0.6) is 0 Å². The van der Waals surface area contributed by atoms with Gasteiger partial charge in [0.2, 0.25) is 5.95 Å². The van der Waals surface area contributed by atoms with Gasteiger partial charge in [0, 0.05) is 24.3 Å². The minimum absolute atomic E-state index is 0.0383. The number of fused-ring (bicyclic) bond motifs is 4.